The predicted molar refractivity (Wildman–Crippen MR) is 77.1 cm³/mol. The summed E-state index contributed by atoms with van der Waals surface area (Å²) >= 11 is 0. The smallest absolute Gasteiger partial charge is 0.164 e. The summed E-state index contributed by atoms with van der Waals surface area (Å²) in [7, 11) is 2.03. The van der Waals surface area contributed by atoms with Crippen LogP contribution in [0.3, 0.4) is 0 Å². The van der Waals surface area contributed by atoms with Crippen molar-refractivity contribution in [1.82, 2.24) is 4.90 Å². The number of hydrogen-bond donors (Lipinski definition) is 0. The van der Waals surface area contributed by atoms with E-state index in [-0.39, 0.29) is 11.6 Å². The summed E-state index contributed by atoms with van der Waals surface area (Å²) in [6.45, 7) is 6.74. The highest BCUT2D eigenvalue weighted by molar-refractivity contribution is 5.96. The summed E-state index contributed by atoms with van der Waals surface area (Å²) in [5.41, 5.74) is 1.05. The fraction of sp³-hybridized carbons (Fsp3) is 0.562. The van der Waals surface area contributed by atoms with Crippen molar-refractivity contribution >= 4 is 5.78 Å². The average Bonchev–Trinajstić information content (AvgIpc) is 2.39. The van der Waals surface area contributed by atoms with Crippen molar-refractivity contribution in [1.29, 1.82) is 0 Å². The van der Waals surface area contributed by atoms with Crippen LogP contribution in [0.15, 0.2) is 18.2 Å². The van der Waals surface area contributed by atoms with Crippen LogP contribution in [0.4, 0.5) is 4.39 Å². The highest BCUT2D eigenvalue weighted by atomic mass is 19.1. The maximum Gasteiger partial charge on any atom is 0.164 e. The first-order valence-electron chi connectivity index (χ1n) is 6.95. The van der Waals surface area contributed by atoms with Crippen LogP contribution in [0, 0.1) is 12.7 Å². The lowest BCUT2D eigenvalue weighted by Gasteiger charge is -2.23. The number of rotatable bonds is 7. The first kappa shape index (κ1) is 15.8. The quantitative estimate of drug-likeness (QED) is 0.698. The molecular formula is C16H24FNO. The maximum absolute atomic E-state index is 13.4. The maximum atomic E-state index is 13.4. The minimum Gasteiger partial charge on any atom is -0.303 e. The molecule has 0 saturated heterocycles. The molecule has 0 aliphatic carbocycles. The predicted octanol–water partition coefficient (Wildman–Crippen LogP) is 3.83. The molecule has 0 aliphatic rings. The van der Waals surface area contributed by atoms with Crippen LogP contribution in [-0.2, 0) is 0 Å². The Labute approximate surface area is 115 Å². The van der Waals surface area contributed by atoms with Crippen molar-refractivity contribution < 1.29 is 9.18 Å². The number of nitrogens with zero attached hydrogens (tertiary/aromatic N) is 1. The Bertz CT molecular complexity index is 431. The van der Waals surface area contributed by atoms with E-state index in [2.05, 4.69) is 18.7 Å². The Morgan fingerprint density at radius 2 is 2.11 bits per heavy atom. The van der Waals surface area contributed by atoms with E-state index in [1.165, 1.54) is 6.07 Å². The number of aryl methyl sites for hydroxylation is 1. The summed E-state index contributed by atoms with van der Waals surface area (Å²) in [6.07, 6.45) is 2.71. The van der Waals surface area contributed by atoms with E-state index in [0.29, 0.717) is 23.6 Å². The number of benzene rings is 1. The molecule has 0 spiro atoms. The van der Waals surface area contributed by atoms with Crippen LogP contribution in [0.2, 0.25) is 0 Å². The molecule has 0 aromatic heterocycles. The third kappa shape index (κ3) is 4.75. The van der Waals surface area contributed by atoms with Gasteiger partial charge in [0, 0.05) is 24.6 Å². The summed E-state index contributed by atoms with van der Waals surface area (Å²) < 4.78 is 13.4. The normalized spacial score (nSPS) is 12.7. The zero-order valence-corrected chi connectivity index (χ0v) is 12.4. The Balaban J connectivity index is 2.53. The number of hydrogen-bond acceptors (Lipinski definition) is 2. The molecule has 0 radical (unpaired) electrons. The van der Waals surface area contributed by atoms with Crippen LogP contribution < -0.4 is 0 Å². The number of carbonyl (C=O) groups excluding carboxylic acids is 1. The van der Waals surface area contributed by atoms with Gasteiger partial charge in [0.05, 0.1) is 0 Å². The molecule has 1 rings (SSSR count). The molecule has 2 nitrogen and oxygen atoms in total. The van der Waals surface area contributed by atoms with Crippen LogP contribution in [0.5, 0.6) is 0 Å². The van der Waals surface area contributed by atoms with Crippen LogP contribution in [0.1, 0.15) is 49.0 Å². The molecule has 1 unspecified atom stereocenters. The number of ketones is 1. The van der Waals surface area contributed by atoms with Gasteiger partial charge in [-0.2, -0.15) is 0 Å². The zero-order valence-electron chi connectivity index (χ0n) is 12.4. The third-order valence-corrected chi connectivity index (χ3v) is 3.64. The molecular weight excluding hydrogens is 241 g/mol. The molecule has 1 aromatic carbocycles. The Morgan fingerprint density at radius 3 is 2.68 bits per heavy atom. The Kier molecular flexibility index (Phi) is 6.16. The lowest BCUT2D eigenvalue weighted by molar-refractivity contribution is 0.0960. The van der Waals surface area contributed by atoms with Gasteiger partial charge in [0.25, 0.3) is 0 Å². The highest BCUT2D eigenvalue weighted by Crippen LogP contribution is 2.12. The number of Topliss-reactive ketones (excluding diaryl/α,β-unsaturated/α-hetero) is 1. The van der Waals surface area contributed by atoms with Gasteiger partial charge in [-0.25, -0.2) is 4.39 Å². The standard InChI is InChI=1S/C16H24FNO/c1-5-6-13(3)18(4)10-9-16(19)14-8-7-12(2)15(17)11-14/h7-8,11,13H,5-6,9-10H2,1-4H3. The van der Waals surface area contributed by atoms with Crippen LogP contribution in [-0.4, -0.2) is 30.3 Å². The molecule has 0 fully saturated rings. The highest BCUT2D eigenvalue weighted by Gasteiger charge is 2.12. The van der Waals surface area contributed by atoms with Gasteiger partial charge in [0.2, 0.25) is 0 Å². The van der Waals surface area contributed by atoms with E-state index in [1.54, 1.807) is 19.1 Å². The average molecular weight is 265 g/mol. The minimum absolute atomic E-state index is 0.00875. The van der Waals surface area contributed by atoms with Gasteiger partial charge in [-0.05, 0) is 38.9 Å². The second-order valence-electron chi connectivity index (χ2n) is 5.26. The van der Waals surface area contributed by atoms with E-state index < -0.39 is 0 Å². The Morgan fingerprint density at radius 1 is 1.42 bits per heavy atom. The van der Waals surface area contributed by atoms with Gasteiger partial charge >= 0.3 is 0 Å². The monoisotopic (exact) mass is 265 g/mol. The molecule has 0 aliphatic heterocycles. The first-order chi connectivity index (χ1) is 8.95. The summed E-state index contributed by atoms with van der Waals surface area (Å²) in [5.74, 6) is -0.298. The lowest BCUT2D eigenvalue weighted by atomic mass is 10.1. The van der Waals surface area contributed by atoms with Gasteiger partial charge in [0.1, 0.15) is 5.82 Å². The Hall–Kier alpha value is -1.22. The van der Waals surface area contributed by atoms with Crippen molar-refractivity contribution in [2.75, 3.05) is 13.6 Å². The molecule has 0 amide bonds. The topological polar surface area (TPSA) is 20.3 Å². The van der Waals surface area contributed by atoms with E-state index in [0.717, 1.165) is 19.4 Å². The van der Waals surface area contributed by atoms with Gasteiger partial charge in [-0.15, -0.1) is 0 Å². The molecule has 3 heteroatoms. The van der Waals surface area contributed by atoms with Crippen LogP contribution in [0.25, 0.3) is 0 Å². The molecule has 0 saturated carbocycles. The number of halogens is 1. The van der Waals surface area contributed by atoms with E-state index in [1.807, 2.05) is 7.05 Å². The van der Waals surface area contributed by atoms with Gasteiger partial charge < -0.3 is 4.90 Å². The lowest BCUT2D eigenvalue weighted by Crippen LogP contribution is -2.31. The third-order valence-electron chi connectivity index (χ3n) is 3.64. The molecule has 0 bridgehead atoms. The largest absolute Gasteiger partial charge is 0.303 e. The van der Waals surface area contributed by atoms with Gasteiger partial charge in [-0.3, -0.25) is 4.79 Å². The molecule has 1 aromatic rings. The van der Waals surface area contributed by atoms with E-state index in [9.17, 15) is 9.18 Å². The van der Waals surface area contributed by atoms with Gasteiger partial charge in [-0.1, -0.05) is 25.5 Å². The second-order valence-corrected chi connectivity index (χ2v) is 5.26. The zero-order chi connectivity index (χ0) is 14.4. The molecule has 0 N–H and O–H groups in total. The fourth-order valence-corrected chi connectivity index (χ4v) is 2.05. The first-order valence-corrected chi connectivity index (χ1v) is 6.95. The minimum atomic E-state index is -0.307. The van der Waals surface area contributed by atoms with Gasteiger partial charge in [0.15, 0.2) is 5.78 Å². The summed E-state index contributed by atoms with van der Waals surface area (Å²) in [6, 6.07) is 5.18. The second kappa shape index (κ2) is 7.39. The van der Waals surface area contributed by atoms with Crippen molar-refractivity contribution in [3.63, 3.8) is 0 Å². The molecule has 19 heavy (non-hydrogen) atoms. The number of carbonyl (C=O) groups is 1. The van der Waals surface area contributed by atoms with Crippen molar-refractivity contribution in [3.05, 3.63) is 35.1 Å². The van der Waals surface area contributed by atoms with Crippen LogP contribution >= 0.6 is 0 Å². The molecule has 106 valence electrons. The van der Waals surface area contributed by atoms with Crippen molar-refractivity contribution in [2.24, 2.45) is 0 Å². The van der Waals surface area contributed by atoms with E-state index >= 15 is 0 Å². The summed E-state index contributed by atoms with van der Waals surface area (Å²) in [4.78, 5) is 14.2. The summed E-state index contributed by atoms with van der Waals surface area (Å²) in [5, 5.41) is 0. The SMILES string of the molecule is CCCC(C)N(C)CCC(=O)c1ccc(C)c(F)c1. The van der Waals surface area contributed by atoms with E-state index in [4.69, 9.17) is 0 Å². The fourth-order valence-electron chi connectivity index (χ4n) is 2.05. The molecule has 0 heterocycles. The van der Waals surface area contributed by atoms with Crippen molar-refractivity contribution in [2.45, 2.75) is 46.1 Å². The van der Waals surface area contributed by atoms with Crippen molar-refractivity contribution in [3.8, 4) is 0 Å². The molecule has 1 atom stereocenters.